The molecule has 2 radical (unpaired) electrons. The molecule has 0 aliphatic heterocycles. The normalized spacial score (nSPS) is 11.2. The van der Waals surface area contributed by atoms with E-state index in [9.17, 15) is 0 Å². The maximum absolute atomic E-state index is 7.65. The highest BCUT2D eigenvalue weighted by Gasteiger charge is 2.35. The molecule has 0 heterocycles. The van der Waals surface area contributed by atoms with Gasteiger partial charge in [0.25, 0.3) is 18.1 Å². The predicted molar refractivity (Wildman–Crippen MR) is 181 cm³/mol. The quantitative estimate of drug-likeness (QED) is 0.178. The van der Waals surface area contributed by atoms with Gasteiger partial charge in [-0.3, -0.25) is 0 Å². The van der Waals surface area contributed by atoms with Crippen LogP contribution in [0.3, 0.4) is 0 Å². The average molecular weight is 613 g/mol. The van der Waals surface area contributed by atoms with Crippen LogP contribution in [0.15, 0.2) is 72.8 Å². The minimum absolute atomic E-state index is 0.563. The molecule has 5 nitrogen and oxygen atoms in total. The van der Waals surface area contributed by atoms with Gasteiger partial charge < -0.3 is 23.1 Å². The third kappa shape index (κ3) is 7.90. The van der Waals surface area contributed by atoms with Gasteiger partial charge in [-0.2, -0.15) is 0 Å². The van der Waals surface area contributed by atoms with Crippen LogP contribution < -0.4 is 39.7 Å². The van der Waals surface area contributed by atoms with Crippen molar-refractivity contribution in [1.29, 1.82) is 0 Å². The van der Waals surface area contributed by atoms with Crippen molar-refractivity contribution in [2.75, 3.05) is 26.4 Å². The van der Waals surface area contributed by atoms with Crippen molar-refractivity contribution in [3.8, 4) is 23.0 Å². The van der Waals surface area contributed by atoms with Gasteiger partial charge in [-0.1, -0.05) is 70.8 Å². The Kier molecular flexibility index (Phi) is 11.5. The van der Waals surface area contributed by atoms with E-state index in [1.54, 1.807) is 0 Å². The molecule has 0 saturated carbocycles. The molecule has 0 aliphatic rings. The van der Waals surface area contributed by atoms with Gasteiger partial charge in [-0.15, -0.1) is 0 Å². The monoisotopic (exact) mass is 612 g/mol. The third-order valence-corrected chi connectivity index (χ3v) is 12.1. The summed E-state index contributed by atoms with van der Waals surface area (Å²) in [5, 5.41) is 4.27. The molecule has 0 bridgehead atoms. The van der Waals surface area contributed by atoms with Gasteiger partial charge in [-0.05, 0) is 79.7 Å². The number of ether oxygens (including phenoxy) is 4. The van der Waals surface area contributed by atoms with E-state index in [4.69, 9.17) is 23.1 Å². The molecule has 0 spiro atoms. The number of rotatable bonds is 14. The van der Waals surface area contributed by atoms with Crippen LogP contribution in [0.25, 0.3) is 0 Å². The lowest BCUT2D eigenvalue weighted by atomic mass is 10.2. The summed E-state index contributed by atoms with van der Waals surface area (Å²) in [5.41, 5.74) is 4.61. The molecule has 0 unspecified atom stereocenters. The van der Waals surface area contributed by atoms with E-state index < -0.39 is 18.1 Å². The van der Waals surface area contributed by atoms with Crippen LogP contribution >= 0.6 is 0 Å². The SMILES string of the molecule is CCOc1ccc(C)cc1[Si](O[Si](c1cc(C)ccc1OCC)c1cc(C)ccc1OCC)c1cc(C)ccc1OCC. The highest BCUT2D eigenvalue weighted by molar-refractivity contribution is 6.93. The highest BCUT2D eigenvalue weighted by Crippen LogP contribution is 2.21. The summed E-state index contributed by atoms with van der Waals surface area (Å²) >= 11 is 0. The van der Waals surface area contributed by atoms with Crippen LogP contribution in [0.5, 0.6) is 23.0 Å². The van der Waals surface area contributed by atoms with Crippen molar-refractivity contribution < 1.29 is 23.1 Å². The number of hydrogen-bond donors (Lipinski definition) is 0. The molecular weight excluding hydrogens is 569 g/mol. The molecule has 7 heteroatoms. The Morgan fingerprint density at radius 2 is 0.628 bits per heavy atom. The van der Waals surface area contributed by atoms with Crippen LogP contribution in [0.2, 0.25) is 0 Å². The lowest BCUT2D eigenvalue weighted by Crippen LogP contribution is -2.57. The second kappa shape index (κ2) is 15.3. The zero-order valence-corrected chi connectivity index (χ0v) is 28.8. The molecule has 4 rings (SSSR count). The first kappa shape index (κ1) is 32.4. The van der Waals surface area contributed by atoms with Crippen LogP contribution in [-0.2, 0) is 4.12 Å². The molecule has 0 N–H and O–H groups in total. The summed E-state index contributed by atoms with van der Waals surface area (Å²) < 4.78 is 32.6. The van der Waals surface area contributed by atoms with Gasteiger partial charge in [0.05, 0.1) is 26.4 Å². The summed E-state index contributed by atoms with van der Waals surface area (Å²) in [6, 6.07) is 25.6. The van der Waals surface area contributed by atoms with E-state index >= 15 is 0 Å². The Morgan fingerprint density at radius 3 is 0.837 bits per heavy atom. The number of hydrogen-bond acceptors (Lipinski definition) is 5. The first-order valence-corrected chi connectivity index (χ1v) is 18.0. The van der Waals surface area contributed by atoms with Crippen molar-refractivity contribution in [3.63, 3.8) is 0 Å². The maximum atomic E-state index is 7.65. The van der Waals surface area contributed by atoms with Crippen LogP contribution in [0.4, 0.5) is 0 Å². The Balaban J connectivity index is 2.05. The van der Waals surface area contributed by atoms with Gasteiger partial charge in [0.2, 0.25) is 0 Å². The molecule has 0 atom stereocenters. The van der Waals surface area contributed by atoms with Crippen molar-refractivity contribution >= 4 is 38.8 Å². The largest absolute Gasteiger partial charge is 0.494 e. The summed E-state index contributed by atoms with van der Waals surface area (Å²) in [6.07, 6.45) is 0. The smallest absolute Gasteiger partial charge is 0.280 e. The van der Waals surface area contributed by atoms with E-state index in [1.165, 1.54) is 0 Å². The fourth-order valence-corrected chi connectivity index (χ4v) is 11.1. The Labute approximate surface area is 261 Å². The van der Waals surface area contributed by atoms with Crippen molar-refractivity contribution in [2.45, 2.75) is 55.4 Å². The molecule has 226 valence electrons. The molecule has 4 aromatic carbocycles. The van der Waals surface area contributed by atoms with Crippen LogP contribution in [0, 0.1) is 27.7 Å². The summed E-state index contributed by atoms with van der Waals surface area (Å²) in [5.74, 6) is 3.37. The Morgan fingerprint density at radius 1 is 0.395 bits per heavy atom. The first-order valence-electron chi connectivity index (χ1n) is 15.2. The topological polar surface area (TPSA) is 46.2 Å². The molecule has 43 heavy (non-hydrogen) atoms. The molecule has 0 fully saturated rings. The van der Waals surface area contributed by atoms with E-state index in [2.05, 4.69) is 100 Å². The van der Waals surface area contributed by atoms with Gasteiger partial charge in [0.15, 0.2) is 0 Å². The predicted octanol–water partition coefficient (Wildman–Crippen LogP) is 5.44. The summed E-state index contributed by atoms with van der Waals surface area (Å²) in [4.78, 5) is 0. The van der Waals surface area contributed by atoms with Crippen LogP contribution in [0.1, 0.15) is 49.9 Å². The van der Waals surface area contributed by atoms with Gasteiger partial charge >= 0.3 is 0 Å². The Hall–Kier alpha value is -3.53. The van der Waals surface area contributed by atoms with E-state index in [0.29, 0.717) is 26.4 Å². The minimum Gasteiger partial charge on any atom is -0.494 e. The summed E-state index contributed by atoms with van der Waals surface area (Å²) in [6.45, 7) is 18.8. The van der Waals surface area contributed by atoms with Gasteiger partial charge in [0, 0.05) is 20.7 Å². The minimum atomic E-state index is -1.94. The highest BCUT2D eigenvalue weighted by atomic mass is 28.4. The van der Waals surface area contributed by atoms with Crippen molar-refractivity contribution in [2.24, 2.45) is 0 Å². The molecule has 0 amide bonds. The van der Waals surface area contributed by atoms with E-state index in [-0.39, 0.29) is 0 Å². The van der Waals surface area contributed by atoms with E-state index in [0.717, 1.165) is 66.0 Å². The van der Waals surface area contributed by atoms with Gasteiger partial charge in [0.1, 0.15) is 23.0 Å². The molecule has 0 aromatic heterocycles. The molecular formula is C36H44O5Si2. The first-order chi connectivity index (χ1) is 20.8. The fraction of sp³-hybridized carbons (Fsp3) is 0.333. The lowest BCUT2D eigenvalue weighted by Gasteiger charge is -2.28. The second-order valence-electron chi connectivity index (χ2n) is 10.5. The van der Waals surface area contributed by atoms with Crippen LogP contribution in [-0.4, -0.2) is 44.5 Å². The van der Waals surface area contributed by atoms with Crippen molar-refractivity contribution in [1.82, 2.24) is 0 Å². The second-order valence-corrected chi connectivity index (χ2v) is 14.8. The average Bonchev–Trinajstić information content (AvgIpc) is 2.98. The lowest BCUT2D eigenvalue weighted by molar-refractivity contribution is 0.340. The molecule has 0 saturated heterocycles. The van der Waals surface area contributed by atoms with E-state index in [1.807, 2.05) is 27.7 Å². The zero-order chi connectivity index (χ0) is 30.9. The Bertz CT molecular complexity index is 1300. The molecule has 4 aromatic rings. The zero-order valence-electron chi connectivity index (χ0n) is 26.8. The number of benzene rings is 4. The fourth-order valence-electron chi connectivity index (χ4n) is 5.02. The maximum Gasteiger partial charge on any atom is 0.280 e. The third-order valence-electron chi connectivity index (χ3n) is 6.92. The summed E-state index contributed by atoms with van der Waals surface area (Å²) in [7, 11) is -3.89. The standard InChI is InChI=1S/C36H44O5Si2/c1-9-37-29-17-13-25(5)21-33(29)42(34-22-26(6)14-18-30(34)38-10-2)41-43(35-23-27(7)15-19-31(35)39-11-3)36-24-28(8)16-20-32(36)40-12-4/h13-24H,9-12H2,1-8H3. The van der Waals surface area contributed by atoms with Gasteiger partial charge in [-0.25, -0.2) is 0 Å². The van der Waals surface area contributed by atoms with Crippen molar-refractivity contribution in [3.05, 3.63) is 95.1 Å². The number of aryl methyl sites for hydroxylation is 4. The molecule has 0 aliphatic carbocycles.